The van der Waals surface area contributed by atoms with Crippen molar-refractivity contribution in [2.45, 2.75) is 12.6 Å². The molecule has 4 nitrogen and oxygen atoms in total. The molecule has 28 heavy (non-hydrogen) atoms. The van der Waals surface area contributed by atoms with E-state index in [0.29, 0.717) is 12.1 Å². The molecule has 140 valence electrons. The molecule has 0 spiro atoms. The van der Waals surface area contributed by atoms with Crippen molar-refractivity contribution < 1.29 is 14.4 Å². The molecule has 0 amide bonds. The van der Waals surface area contributed by atoms with Crippen LogP contribution in [0.1, 0.15) is 22.7 Å². The minimum atomic E-state index is -0.406. The fourth-order valence-electron chi connectivity index (χ4n) is 3.82. The fraction of sp³-hybridized carbons (Fsp3) is 0.125. The molecule has 1 aromatic heterocycles. The van der Waals surface area contributed by atoms with Gasteiger partial charge in [0.1, 0.15) is 23.9 Å². The Hall–Kier alpha value is -3.37. The quantitative estimate of drug-likeness (QED) is 0.529. The molecule has 1 atom stereocenters. The normalized spacial score (nSPS) is 12.4. The van der Waals surface area contributed by atoms with Crippen molar-refractivity contribution in [2.24, 2.45) is 0 Å². The summed E-state index contributed by atoms with van der Waals surface area (Å²) in [5.41, 5.74) is 3.34. The molecule has 1 unspecified atom stereocenters. The number of fused-ring (bicyclic) bond motifs is 1. The first-order chi connectivity index (χ1) is 13.6. The molecule has 0 saturated heterocycles. The van der Waals surface area contributed by atoms with E-state index < -0.39 is 5.63 Å². The monoisotopic (exact) mass is 372 g/mol. The number of rotatable bonds is 5. The van der Waals surface area contributed by atoms with Crippen LogP contribution in [-0.4, -0.2) is 12.2 Å². The van der Waals surface area contributed by atoms with Crippen molar-refractivity contribution in [3.8, 4) is 5.75 Å². The zero-order valence-corrected chi connectivity index (χ0v) is 15.6. The maximum atomic E-state index is 12.0. The first-order valence-corrected chi connectivity index (χ1v) is 9.30. The summed E-state index contributed by atoms with van der Waals surface area (Å²) in [7, 11) is 2.13. The van der Waals surface area contributed by atoms with Gasteiger partial charge in [-0.1, -0.05) is 60.7 Å². The van der Waals surface area contributed by atoms with Gasteiger partial charge in [0.15, 0.2) is 0 Å². The van der Waals surface area contributed by atoms with Gasteiger partial charge in [-0.15, -0.1) is 0 Å². The molecule has 0 fully saturated rings. The molecule has 1 heterocycles. The van der Waals surface area contributed by atoms with Crippen LogP contribution in [0.25, 0.3) is 11.0 Å². The maximum absolute atomic E-state index is 12.0. The number of benzene rings is 3. The third-order valence-electron chi connectivity index (χ3n) is 5.04. The highest BCUT2D eigenvalue weighted by Crippen LogP contribution is 2.23. The van der Waals surface area contributed by atoms with Gasteiger partial charge >= 0.3 is 5.63 Å². The average Bonchev–Trinajstić information content (AvgIpc) is 2.69. The molecule has 0 radical (unpaired) electrons. The van der Waals surface area contributed by atoms with Gasteiger partial charge in [-0.25, -0.2) is 4.79 Å². The summed E-state index contributed by atoms with van der Waals surface area (Å²) in [6, 6.07) is 27.4. The number of hydrogen-bond acceptors (Lipinski definition) is 3. The van der Waals surface area contributed by atoms with Crippen LogP contribution in [0, 0.1) is 0 Å². The summed E-state index contributed by atoms with van der Waals surface area (Å²) >= 11 is 0. The van der Waals surface area contributed by atoms with Gasteiger partial charge in [0.25, 0.3) is 0 Å². The Kier molecular flexibility index (Phi) is 4.96. The second-order valence-electron chi connectivity index (χ2n) is 7.05. The lowest BCUT2D eigenvalue weighted by Crippen LogP contribution is -3.08. The number of aromatic hydroxyl groups is 1. The first-order valence-electron chi connectivity index (χ1n) is 9.30. The topological polar surface area (TPSA) is 54.9 Å². The molecule has 0 saturated carbocycles. The standard InChI is InChI=1S/C24H21NO3/c1-25(16-19-14-23(27)28-22-15-20(26)12-13-21(19)22)24(17-8-4-2-5-9-17)18-10-6-3-7-11-18/h2-15,24,26H,16H2,1H3/p+1. The van der Waals surface area contributed by atoms with E-state index in [9.17, 15) is 9.90 Å². The van der Waals surface area contributed by atoms with Crippen LogP contribution in [0.2, 0.25) is 0 Å². The predicted octanol–water partition coefficient (Wildman–Crippen LogP) is 3.30. The lowest BCUT2D eigenvalue weighted by atomic mass is 9.96. The van der Waals surface area contributed by atoms with Gasteiger partial charge in [0.2, 0.25) is 0 Å². The largest absolute Gasteiger partial charge is 0.508 e. The Labute approximate surface area is 163 Å². The molecular formula is C24H22NO3+. The van der Waals surface area contributed by atoms with E-state index in [2.05, 4.69) is 31.3 Å². The zero-order valence-electron chi connectivity index (χ0n) is 15.6. The van der Waals surface area contributed by atoms with Crippen molar-refractivity contribution in [3.05, 3.63) is 112 Å². The van der Waals surface area contributed by atoms with E-state index in [4.69, 9.17) is 4.42 Å². The van der Waals surface area contributed by atoms with Gasteiger partial charge in [-0.05, 0) is 12.1 Å². The number of hydrogen-bond donors (Lipinski definition) is 2. The summed E-state index contributed by atoms with van der Waals surface area (Å²) in [4.78, 5) is 13.3. The fourth-order valence-corrected chi connectivity index (χ4v) is 3.82. The van der Waals surface area contributed by atoms with Crippen LogP contribution in [0.5, 0.6) is 5.75 Å². The summed E-state index contributed by atoms with van der Waals surface area (Å²) in [5.74, 6) is 0.0833. The van der Waals surface area contributed by atoms with Crippen LogP contribution in [0.3, 0.4) is 0 Å². The molecule has 0 aliphatic rings. The molecule has 3 aromatic carbocycles. The Bertz CT molecular complexity index is 1100. The summed E-state index contributed by atoms with van der Waals surface area (Å²) in [6.07, 6.45) is 0. The maximum Gasteiger partial charge on any atom is 0.336 e. The molecule has 0 aliphatic carbocycles. The van der Waals surface area contributed by atoms with E-state index in [1.807, 2.05) is 36.4 Å². The third-order valence-corrected chi connectivity index (χ3v) is 5.04. The molecule has 0 aliphatic heterocycles. The van der Waals surface area contributed by atoms with Crippen molar-refractivity contribution in [3.63, 3.8) is 0 Å². The second-order valence-corrected chi connectivity index (χ2v) is 7.05. The van der Waals surface area contributed by atoms with E-state index in [0.717, 1.165) is 10.9 Å². The highest BCUT2D eigenvalue weighted by atomic mass is 16.4. The third kappa shape index (κ3) is 3.68. The molecular weight excluding hydrogens is 350 g/mol. The summed E-state index contributed by atoms with van der Waals surface area (Å²) in [5, 5.41) is 10.6. The summed E-state index contributed by atoms with van der Waals surface area (Å²) < 4.78 is 5.27. The highest BCUT2D eigenvalue weighted by molar-refractivity contribution is 5.81. The van der Waals surface area contributed by atoms with E-state index in [-0.39, 0.29) is 11.8 Å². The molecule has 0 bridgehead atoms. The van der Waals surface area contributed by atoms with E-state index >= 15 is 0 Å². The Morgan fingerprint density at radius 2 is 1.50 bits per heavy atom. The smallest absolute Gasteiger partial charge is 0.336 e. The Morgan fingerprint density at radius 1 is 0.893 bits per heavy atom. The number of phenolic OH excluding ortho intramolecular Hbond substituents is 1. The van der Waals surface area contributed by atoms with E-state index in [1.54, 1.807) is 18.2 Å². The van der Waals surface area contributed by atoms with Gasteiger partial charge in [-0.2, -0.15) is 0 Å². The van der Waals surface area contributed by atoms with E-state index in [1.165, 1.54) is 22.1 Å². The first kappa shape index (κ1) is 18.0. The van der Waals surface area contributed by atoms with Gasteiger partial charge in [-0.3, -0.25) is 0 Å². The van der Waals surface area contributed by atoms with Gasteiger partial charge in [0.05, 0.1) is 7.05 Å². The molecule has 2 N–H and O–H groups in total. The predicted molar refractivity (Wildman–Crippen MR) is 109 cm³/mol. The Morgan fingerprint density at radius 3 is 2.11 bits per heavy atom. The number of quaternary nitrogens is 1. The lowest BCUT2D eigenvalue weighted by Gasteiger charge is -2.26. The van der Waals surface area contributed by atoms with Gasteiger partial charge in [0, 0.05) is 34.2 Å². The van der Waals surface area contributed by atoms with Crippen molar-refractivity contribution >= 4 is 11.0 Å². The number of phenols is 1. The van der Waals surface area contributed by atoms with Crippen LogP contribution in [-0.2, 0) is 6.54 Å². The van der Waals surface area contributed by atoms with Crippen LogP contribution >= 0.6 is 0 Å². The van der Waals surface area contributed by atoms with Crippen LogP contribution < -0.4 is 10.5 Å². The Balaban J connectivity index is 1.76. The lowest BCUT2D eigenvalue weighted by molar-refractivity contribution is -0.919. The minimum absolute atomic E-state index is 0.0833. The van der Waals surface area contributed by atoms with Crippen LogP contribution in [0.4, 0.5) is 0 Å². The van der Waals surface area contributed by atoms with Crippen LogP contribution in [0.15, 0.2) is 94.1 Å². The molecule has 4 heteroatoms. The number of nitrogens with one attached hydrogen (secondary N) is 1. The van der Waals surface area contributed by atoms with Crippen molar-refractivity contribution in [1.29, 1.82) is 0 Å². The molecule has 4 rings (SSSR count). The summed E-state index contributed by atoms with van der Waals surface area (Å²) in [6.45, 7) is 0.640. The average molecular weight is 372 g/mol. The zero-order chi connectivity index (χ0) is 19.5. The van der Waals surface area contributed by atoms with Gasteiger partial charge < -0.3 is 14.4 Å². The van der Waals surface area contributed by atoms with Crippen molar-refractivity contribution in [2.75, 3.05) is 7.05 Å². The minimum Gasteiger partial charge on any atom is -0.508 e. The highest BCUT2D eigenvalue weighted by Gasteiger charge is 2.24. The second kappa shape index (κ2) is 7.71. The van der Waals surface area contributed by atoms with Crippen molar-refractivity contribution in [1.82, 2.24) is 0 Å². The molecule has 4 aromatic rings. The SMILES string of the molecule is C[NH+](Cc1cc(=O)oc2cc(O)ccc12)C(c1ccccc1)c1ccccc1.